The van der Waals surface area contributed by atoms with Crippen LogP contribution in [0.3, 0.4) is 0 Å². The van der Waals surface area contributed by atoms with Crippen LogP contribution in [0.1, 0.15) is 36.1 Å². The number of aromatic nitrogens is 2. The summed E-state index contributed by atoms with van der Waals surface area (Å²) in [5.41, 5.74) is 0.957. The van der Waals surface area contributed by atoms with E-state index in [-0.39, 0.29) is 17.1 Å². The molecule has 2 heterocycles. The molecule has 0 bridgehead atoms. The first-order valence-corrected chi connectivity index (χ1v) is 12.8. The van der Waals surface area contributed by atoms with Crippen molar-refractivity contribution in [2.75, 3.05) is 43.9 Å². The minimum Gasteiger partial charge on any atom is -0.379 e. The highest BCUT2D eigenvalue weighted by Crippen LogP contribution is 2.31. The van der Waals surface area contributed by atoms with Crippen LogP contribution in [0.5, 0.6) is 0 Å². The molecule has 1 amide bonds. The predicted molar refractivity (Wildman–Crippen MR) is 128 cm³/mol. The Morgan fingerprint density at radius 2 is 1.91 bits per heavy atom. The second kappa shape index (κ2) is 11.6. The molecule has 1 aliphatic heterocycles. The number of alkyl halides is 3. The zero-order valence-electron chi connectivity index (χ0n) is 19.4. The first-order valence-electron chi connectivity index (χ1n) is 11.8. The van der Waals surface area contributed by atoms with Crippen molar-refractivity contribution in [3.8, 4) is 0 Å². The molecule has 0 saturated carbocycles. The molecule has 1 aromatic carbocycles. The van der Waals surface area contributed by atoms with Gasteiger partial charge in [-0.2, -0.15) is 18.2 Å². The standard InChI is InChI=1S/C24H29F3N4O3S/c25-24(26,27)17-5-3-6-18(15-17)28-21(32)16-35-22-19-7-1-2-8-20(19)31(23(33)29-22)10-4-9-30-11-13-34-14-12-30/h3,5-6,15H,1-2,4,7-14,16H2,(H,28,32). The summed E-state index contributed by atoms with van der Waals surface area (Å²) in [6.07, 6.45) is -0.0481. The molecule has 1 aromatic heterocycles. The topological polar surface area (TPSA) is 76.5 Å². The van der Waals surface area contributed by atoms with Crippen LogP contribution in [0.25, 0.3) is 0 Å². The molecule has 7 nitrogen and oxygen atoms in total. The largest absolute Gasteiger partial charge is 0.416 e. The third kappa shape index (κ3) is 6.86. The van der Waals surface area contributed by atoms with Crippen LogP contribution < -0.4 is 11.0 Å². The number of fused-ring (bicyclic) bond motifs is 1. The van der Waals surface area contributed by atoms with Gasteiger partial charge in [-0.1, -0.05) is 17.8 Å². The van der Waals surface area contributed by atoms with Crippen molar-refractivity contribution in [1.82, 2.24) is 14.5 Å². The molecule has 190 valence electrons. The molecule has 0 spiro atoms. The van der Waals surface area contributed by atoms with E-state index >= 15 is 0 Å². The van der Waals surface area contributed by atoms with Crippen LogP contribution in [0, 0.1) is 0 Å². The zero-order valence-corrected chi connectivity index (χ0v) is 20.2. The SMILES string of the molecule is O=C(CSc1nc(=O)n(CCCN2CCOCC2)c2c1CCCC2)Nc1cccc(C(F)(F)F)c1. The number of rotatable bonds is 8. The van der Waals surface area contributed by atoms with E-state index < -0.39 is 17.6 Å². The van der Waals surface area contributed by atoms with Gasteiger partial charge in [-0.05, 0) is 50.3 Å². The number of halogens is 3. The van der Waals surface area contributed by atoms with Crippen molar-refractivity contribution in [2.45, 2.75) is 49.9 Å². The highest BCUT2D eigenvalue weighted by atomic mass is 32.2. The summed E-state index contributed by atoms with van der Waals surface area (Å²) < 4.78 is 45.9. The van der Waals surface area contributed by atoms with Gasteiger partial charge in [0.25, 0.3) is 0 Å². The van der Waals surface area contributed by atoms with E-state index in [9.17, 15) is 22.8 Å². The van der Waals surface area contributed by atoms with Crippen molar-refractivity contribution in [3.05, 3.63) is 51.6 Å². The molecule has 0 radical (unpaired) electrons. The van der Waals surface area contributed by atoms with E-state index in [1.807, 2.05) is 0 Å². The number of hydrogen-bond donors (Lipinski definition) is 1. The number of hydrogen-bond acceptors (Lipinski definition) is 6. The van der Waals surface area contributed by atoms with Gasteiger partial charge in [-0.25, -0.2) is 4.79 Å². The molecule has 1 aliphatic carbocycles. The molecule has 1 fully saturated rings. The van der Waals surface area contributed by atoms with Gasteiger partial charge in [0, 0.05) is 43.1 Å². The van der Waals surface area contributed by atoms with Gasteiger partial charge < -0.3 is 10.1 Å². The smallest absolute Gasteiger partial charge is 0.379 e. The lowest BCUT2D eigenvalue weighted by Gasteiger charge is -2.27. The highest BCUT2D eigenvalue weighted by Gasteiger charge is 2.30. The average Bonchev–Trinajstić information content (AvgIpc) is 2.84. The average molecular weight is 511 g/mol. The number of carbonyl (C=O) groups is 1. The number of carbonyl (C=O) groups excluding carboxylic acids is 1. The maximum atomic E-state index is 12.9. The molecule has 1 saturated heterocycles. The van der Waals surface area contributed by atoms with E-state index in [0.717, 1.165) is 100 Å². The summed E-state index contributed by atoms with van der Waals surface area (Å²) in [7, 11) is 0. The second-order valence-electron chi connectivity index (χ2n) is 8.71. The summed E-state index contributed by atoms with van der Waals surface area (Å²) in [6, 6.07) is 4.52. The van der Waals surface area contributed by atoms with Gasteiger partial charge >= 0.3 is 11.9 Å². The van der Waals surface area contributed by atoms with Crippen molar-refractivity contribution in [3.63, 3.8) is 0 Å². The lowest BCUT2D eigenvalue weighted by Crippen LogP contribution is -2.38. The van der Waals surface area contributed by atoms with E-state index in [1.54, 1.807) is 4.57 Å². The molecule has 35 heavy (non-hydrogen) atoms. The normalized spacial score (nSPS) is 16.7. The lowest BCUT2D eigenvalue weighted by atomic mass is 9.97. The minimum atomic E-state index is -4.48. The van der Waals surface area contributed by atoms with Crippen LogP contribution in [-0.4, -0.2) is 59.0 Å². The summed E-state index contributed by atoms with van der Waals surface area (Å²) in [6.45, 7) is 4.80. The first-order chi connectivity index (χ1) is 16.8. The molecule has 0 unspecified atom stereocenters. The molecule has 2 aliphatic rings. The van der Waals surface area contributed by atoms with E-state index in [2.05, 4.69) is 15.2 Å². The minimum absolute atomic E-state index is 0.0455. The van der Waals surface area contributed by atoms with Crippen LogP contribution >= 0.6 is 11.8 Å². The number of benzene rings is 1. The molecular formula is C24H29F3N4O3S. The van der Waals surface area contributed by atoms with Crippen LogP contribution in [0.2, 0.25) is 0 Å². The maximum Gasteiger partial charge on any atom is 0.416 e. The number of nitrogens with zero attached hydrogens (tertiary/aromatic N) is 3. The Kier molecular flexibility index (Phi) is 8.51. The zero-order chi connectivity index (χ0) is 24.8. The van der Waals surface area contributed by atoms with Gasteiger partial charge in [0.05, 0.1) is 24.5 Å². The van der Waals surface area contributed by atoms with Crippen LogP contribution in [0.4, 0.5) is 18.9 Å². The van der Waals surface area contributed by atoms with Gasteiger partial charge in [-0.3, -0.25) is 14.3 Å². The third-order valence-electron chi connectivity index (χ3n) is 6.22. The van der Waals surface area contributed by atoms with Crippen molar-refractivity contribution >= 4 is 23.4 Å². The van der Waals surface area contributed by atoms with Crippen LogP contribution in [0.15, 0.2) is 34.1 Å². The van der Waals surface area contributed by atoms with E-state index in [0.29, 0.717) is 11.6 Å². The van der Waals surface area contributed by atoms with Gasteiger partial charge in [0.2, 0.25) is 5.91 Å². The summed E-state index contributed by atoms with van der Waals surface area (Å²) in [5.74, 6) is -0.494. The number of ether oxygens (including phenoxy) is 1. The Morgan fingerprint density at radius 3 is 2.69 bits per heavy atom. The molecule has 11 heteroatoms. The number of amides is 1. The number of nitrogens with one attached hydrogen (secondary N) is 1. The fourth-order valence-corrected chi connectivity index (χ4v) is 5.36. The van der Waals surface area contributed by atoms with E-state index in [4.69, 9.17) is 4.74 Å². The first kappa shape index (κ1) is 25.7. The monoisotopic (exact) mass is 510 g/mol. The molecule has 0 atom stereocenters. The summed E-state index contributed by atoms with van der Waals surface area (Å²) in [4.78, 5) is 31.9. The highest BCUT2D eigenvalue weighted by molar-refractivity contribution is 8.00. The number of thioether (sulfide) groups is 1. The Hall–Kier alpha value is -2.37. The summed E-state index contributed by atoms with van der Waals surface area (Å²) >= 11 is 1.16. The Bertz CT molecular complexity index is 1100. The Labute approximate surface area is 206 Å². The molecular weight excluding hydrogens is 481 g/mol. The molecule has 2 aromatic rings. The number of anilines is 1. The van der Waals surface area contributed by atoms with Crippen LogP contribution in [-0.2, 0) is 35.1 Å². The quantitative estimate of drug-likeness (QED) is 0.432. The van der Waals surface area contributed by atoms with Gasteiger partial charge in [-0.15, -0.1) is 0 Å². The lowest BCUT2D eigenvalue weighted by molar-refractivity contribution is -0.137. The predicted octanol–water partition coefficient (Wildman–Crippen LogP) is 3.59. The fraction of sp³-hybridized carbons (Fsp3) is 0.542. The van der Waals surface area contributed by atoms with Crippen molar-refractivity contribution in [1.29, 1.82) is 0 Å². The fourth-order valence-electron chi connectivity index (χ4n) is 4.48. The third-order valence-corrected chi connectivity index (χ3v) is 7.24. The number of morpholine rings is 1. The second-order valence-corrected chi connectivity index (χ2v) is 9.67. The maximum absolute atomic E-state index is 12.9. The summed E-state index contributed by atoms with van der Waals surface area (Å²) in [5, 5.41) is 3.05. The Balaban J connectivity index is 1.40. The van der Waals surface area contributed by atoms with Crippen molar-refractivity contribution < 1.29 is 22.7 Å². The molecule has 1 N–H and O–H groups in total. The van der Waals surface area contributed by atoms with Crippen molar-refractivity contribution in [2.24, 2.45) is 0 Å². The Morgan fingerprint density at radius 1 is 1.14 bits per heavy atom. The van der Waals surface area contributed by atoms with E-state index in [1.165, 1.54) is 12.1 Å². The van der Waals surface area contributed by atoms with Gasteiger partial charge in [0.15, 0.2) is 0 Å². The van der Waals surface area contributed by atoms with Gasteiger partial charge in [0.1, 0.15) is 5.03 Å². The molecule has 4 rings (SSSR count).